The Morgan fingerprint density at radius 3 is 2.79 bits per heavy atom. The van der Waals surface area contributed by atoms with Gasteiger partial charge in [0.2, 0.25) is 0 Å². The molecule has 0 amide bonds. The molecular formula is C10H14BrN5O2S. The molecule has 0 atom stereocenters. The molecule has 0 aliphatic heterocycles. The van der Waals surface area contributed by atoms with Crippen LogP contribution in [0.5, 0.6) is 0 Å². The highest BCUT2D eigenvalue weighted by molar-refractivity contribution is 9.10. The predicted molar refractivity (Wildman–Crippen MR) is 72.8 cm³/mol. The van der Waals surface area contributed by atoms with Gasteiger partial charge in [-0.05, 0) is 22.9 Å². The molecule has 0 radical (unpaired) electrons. The molecule has 0 spiro atoms. The maximum absolute atomic E-state index is 12.3. The van der Waals surface area contributed by atoms with Crippen molar-refractivity contribution < 1.29 is 8.42 Å². The summed E-state index contributed by atoms with van der Waals surface area (Å²) in [5.41, 5.74) is 0. The van der Waals surface area contributed by atoms with Crippen molar-refractivity contribution in [2.24, 2.45) is 0 Å². The predicted octanol–water partition coefficient (Wildman–Crippen LogP) is 1.21. The van der Waals surface area contributed by atoms with E-state index in [1.54, 1.807) is 6.20 Å². The lowest BCUT2D eigenvalue weighted by Gasteiger charge is -2.16. The number of rotatable bonds is 5. The Balaban J connectivity index is 2.25. The molecule has 0 aliphatic rings. The highest BCUT2D eigenvalue weighted by atomic mass is 79.9. The first-order valence-corrected chi connectivity index (χ1v) is 7.85. The zero-order valence-electron chi connectivity index (χ0n) is 10.5. The van der Waals surface area contributed by atoms with Crippen LogP contribution in [0, 0.1) is 0 Å². The van der Waals surface area contributed by atoms with Crippen molar-refractivity contribution in [2.75, 3.05) is 7.05 Å². The number of aromatic amines is 1. The van der Waals surface area contributed by atoms with Crippen LogP contribution in [0.3, 0.4) is 0 Å². The Morgan fingerprint density at radius 2 is 2.21 bits per heavy atom. The first kappa shape index (κ1) is 14.2. The minimum absolute atomic E-state index is 0.0459. The molecule has 7 nitrogen and oxygen atoms in total. The number of aryl methyl sites for hydroxylation is 1. The molecule has 2 rings (SSSR count). The Morgan fingerprint density at radius 1 is 1.47 bits per heavy atom. The number of hydrogen-bond donors (Lipinski definition) is 1. The summed E-state index contributed by atoms with van der Waals surface area (Å²) < 4.78 is 28.1. The van der Waals surface area contributed by atoms with Gasteiger partial charge in [-0.3, -0.25) is 0 Å². The van der Waals surface area contributed by atoms with Crippen molar-refractivity contribution >= 4 is 26.0 Å². The van der Waals surface area contributed by atoms with Gasteiger partial charge < -0.3 is 9.55 Å². The summed E-state index contributed by atoms with van der Waals surface area (Å²) >= 11 is 3.11. The summed E-state index contributed by atoms with van der Waals surface area (Å²) in [6.45, 7) is 2.93. The molecule has 2 aromatic heterocycles. The Kier molecular flexibility index (Phi) is 4.07. The number of aromatic nitrogens is 4. The normalized spacial score (nSPS) is 12.2. The molecule has 19 heavy (non-hydrogen) atoms. The van der Waals surface area contributed by atoms with Gasteiger partial charge in [0.05, 0.1) is 12.9 Å². The van der Waals surface area contributed by atoms with E-state index in [4.69, 9.17) is 0 Å². The highest BCUT2D eigenvalue weighted by Gasteiger charge is 2.26. The van der Waals surface area contributed by atoms with Crippen LogP contribution in [-0.4, -0.2) is 39.3 Å². The summed E-state index contributed by atoms with van der Waals surface area (Å²) in [7, 11) is -2.10. The lowest BCUT2D eigenvalue weighted by molar-refractivity contribution is 0.445. The summed E-state index contributed by atoms with van der Waals surface area (Å²) in [6.07, 6.45) is 4.81. The average Bonchev–Trinajstić information content (AvgIpc) is 2.97. The van der Waals surface area contributed by atoms with E-state index >= 15 is 0 Å². The maximum atomic E-state index is 12.3. The van der Waals surface area contributed by atoms with Crippen LogP contribution in [-0.2, 0) is 23.1 Å². The molecule has 0 saturated heterocycles. The van der Waals surface area contributed by atoms with E-state index in [0.29, 0.717) is 5.82 Å². The van der Waals surface area contributed by atoms with Crippen LogP contribution in [0.1, 0.15) is 12.7 Å². The topological polar surface area (TPSA) is 83.9 Å². The van der Waals surface area contributed by atoms with Gasteiger partial charge in [0, 0.05) is 26.0 Å². The van der Waals surface area contributed by atoms with Crippen LogP contribution in [0.4, 0.5) is 0 Å². The summed E-state index contributed by atoms with van der Waals surface area (Å²) in [5.74, 6) is 0.698. The Bertz CT molecular complexity index is 663. The van der Waals surface area contributed by atoms with E-state index in [-0.39, 0.29) is 16.2 Å². The Labute approximate surface area is 119 Å². The van der Waals surface area contributed by atoms with E-state index in [2.05, 4.69) is 30.9 Å². The molecule has 1 N–H and O–H groups in total. The summed E-state index contributed by atoms with van der Waals surface area (Å²) in [4.78, 5) is 10.6. The monoisotopic (exact) mass is 347 g/mol. The van der Waals surface area contributed by atoms with Gasteiger partial charge in [-0.25, -0.2) is 18.4 Å². The van der Waals surface area contributed by atoms with E-state index in [1.807, 2.05) is 17.7 Å². The van der Waals surface area contributed by atoms with Gasteiger partial charge in [-0.2, -0.15) is 4.31 Å². The quantitative estimate of drug-likeness (QED) is 0.880. The molecule has 0 saturated carbocycles. The first-order valence-electron chi connectivity index (χ1n) is 5.62. The Hall–Kier alpha value is -1.19. The van der Waals surface area contributed by atoms with Crippen molar-refractivity contribution in [3.05, 3.63) is 29.1 Å². The summed E-state index contributed by atoms with van der Waals surface area (Å²) in [6, 6.07) is 0. The third-order valence-corrected chi connectivity index (χ3v) is 5.38. The number of hydrogen-bond acceptors (Lipinski definition) is 4. The molecular weight excluding hydrogens is 334 g/mol. The fourth-order valence-electron chi connectivity index (χ4n) is 1.67. The molecule has 0 fully saturated rings. The van der Waals surface area contributed by atoms with Crippen LogP contribution in [0.2, 0.25) is 0 Å². The molecule has 9 heteroatoms. The minimum Gasteiger partial charge on any atom is -0.334 e. The van der Waals surface area contributed by atoms with Gasteiger partial charge in [-0.1, -0.05) is 0 Å². The fraction of sp³-hybridized carbons (Fsp3) is 0.400. The molecule has 0 aliphatic carbocycles. The van der Waals surface area contributed by atoms with Crippen molar-refractivity contribution in [1.29, 1.82) is 0 Å². The van der Waals surface area contributed by atoms with Gasteiger partial charge in [0.1, 0.15) is 10.4 Å². The van der Waals surface area contributed by atoms with Gasteiger partial charge in [0.25, 0.3) is 10.0 Å². The molecule has 104 valence electrons. The van der Waals surface area contributed by atoms with Gasteiger partial charge in [-0.15, -0.1) is 0 Å². The van der Waals surface area contributed by atoms with Gasteiger partial charge >= 0.3 is 0 Å². The van der Waals surface area contributed by atoms with Crippen molar-refractivity contribution in [3.8, 4) is 0 Å². The number of nitrogens with one attached hydrogen (secondary N) is 1. The van der Waals surface area contributed by atoms with E-state index < -0.39 is 10.0 Å². The van der Waals surface area contributed by atoms with Crippen molar-refractivity contribution in [1.82, 2.24) is 23.8 Å². The smallest absolute Gasteiger partial charge is 0.261 e. The molecule has 0 bridgehead atoms. The second-order valence-electron chi connectivity index (χ2n) is 3.91. The maximum Gasteiger partial charge on any atom is 0.261 e. The second kappa shape index (κ2) is 5.43. The standard InChI is InChI=1S/C10H14BrN5O2S/c1-3-16-5-4-12-8(16)6-15(2)19(17,18)10-9(11)13-7-14-10/h4-5,7H,3,6H2,1-2H3,(H,13,14). The van der Waals surface area contributed by atoms with Crippen LogP contribution < -0.4 is 0 Å². The zero-order chi connectivity index (χ0) is 14.0. The van der Waals surface area contributed by atoms with Gasteiger partial charge in [0.15, 0.2) is 5.03 Å². The lowest BCUT2D eigenvalue weighted by atomic mass is 10.5. The number of halogens is 1. The third kappa shape index (κ3) is 2.72. The molecule has 2 heterocycles. The number of nitrogens with zero attached hydrogens (tertiary/aromatic N) is 4. The number of imidazole rings is 2. The highest BCUT2D eigenvalue weighted by Crippen LogP contribution is 2.21. The van der Waals surface area contributed by atoms with E-state index in [0.717, 1.165) is 6.54 Å². The van der Waals surface area contributed by atoms with Crippen molar-refractivity contribution in [2.45, 2.75) is 25.0 Å². The lowest BCUT2D eigenvalue weighted by Crippen LogP contribution is -2.28. The summed E-state index contributed by atoms with van der Waals surface area (Å²) in [5, 5.41) is 0.0459. The first-order chi connectivity index (χ1) is 8.96. The minimum atomic E-state index is -3.61. The zero-order valence-corrected chi connectivity index (χ0v) is 12.9. The van der Waals surface area contributed by atoms with E-state index in [1.165, 1.54) is 17.7 Å². The average molecular weight is 348 g/mol. The molecule has 0 aromatic carbocycles. The third-order valence-electron chi connectivity index (χ3n) is 2.74. The fourth-order valence-corrected chi connectivity index (χ4v) is 3.56. The van der Waals surface area contributed by atoms with Crippen LogP contribution in [0.15, 0.2) is 28.4 Å². The SMILES string of the molecule is CCn1ccnc1CN(C)S(=O)(=O)c1[nH]cnc1Br. The molecule has 2 aromatic rings. The van der Waals surface area contributed by atoms with Crippen LogP contribution >= 0.6 is 15.9 Å². The van der Waals surface area contributed by atoms with Crippen LogP contribution in [0.25, 0.3) is 0 Å². The number of sulfonamides is 1. The second-order valence-corrected chi connectivity index (χ2v) is 6.65. The number of H-pyrrole nitrogens is 1. The largest absolute Gasteiger partial charge is 0.334 e. The van der Waals surface area contributed by atoms with E-state index in [9.17, 15) is 8.42 Å². The van der Waals surface area contributed by atoms with Crippen molar-refractivity contribution in [3.63, 3.8) is 0 Å². The molecule has 0 unspecified atom stereocenters.